The number of benzene rings is 3. The Bertz CT molecular complexity index is 1600. The maximum absolute atomic E-state index is 13.4. The first-order valence-electron chi connectivity index (χ1n) is 10.3. The molecule has 4 aromatic rings. The van der Waals surface area contributed by atoms with E-state index in [0.717, 1.165) is 17.2 Å². The van der Waals surface area contributed by atoms with E-state index in [2.05, 4.69) is 5.32 Å². The number of amides is 1. The molecule has 0 radical (unpaired) electrons. The molecule has 0 unspecified atom stereocenters. The molecule has 0 aliphatic rings. The Labute approximate surface area is 200 Å². The van der Waals surface area contributed by atoms with Crippen LogP contribution in [0, 0.1) is 19.7 Å². The fourth-order valence-corrected chi connectivity index (χ4v) is 5.13. The number of fused-ring (bicyclic) bond motifs is 1. The number of anilines is 1. The molecule has 0 spiro atoms. The van der Waals surface area contributed by atoms with Gasteiger partial charge in [-0.1, -0.05) is 40.9 Å². The highest BCUT2D eigenvalue weighted by Crippen LogP contribution is 2.23. The molecule has 0 aliphatic carbocycles. The van der Waals surface area contributed by atoms with Gasteiger partial charge in [-0.3, -0.25) is 9.59 Å². The molecule has 0 fully saturated rings. The van der Waals surface area contributed by atoms with Crippen LogP contribution >= 0.6 is 11.6 Å². The second-order valence-corrected chi connectivity index (χ2v) is 10.3. The first-order valence-corrected chi connectivity index (χ1v) is 12.1. The lowest BCUT2D eigenvalue weighted by Crippen LogP contribution is -2.24. The van der Waals surface area contributed by atoms with E-state index >= 15 is 0 Å². The second kappa shape index (κ2) is 9.04. The molecular weight excluding hydrogens is 479 g/mol. The SMILES string of the molecule is Cc1ccc(S(=O)(=O)c2cn(CC(=O)Nc3ccc(F)c(Cl)c3)c3ccc(C)cc3c2=O)cc1. The van der Waals surface area contributed by atoms with E-state index in [-0.39, 0.29) is 27.5 Å². The van der Waals surface area contributed by atoms with E-state index in [4.69, 9.17) is 11.6 Å². The fourth-order valence-electron chi connectivity index (χ4n) is 3.58. The number of aryl methyl sites for hydroxylation is 2. The van der Waals surface area contributed by atoms with Gasteiger partial charge in [0.25, 0.3) is 0 Å². The predicted octanol–water partition coefficient (Wildman–Crippen LogP) is 4.88. The normalized spacial score (nSPS) is 11.5. The average molecular weight is 499 g/mol. The first kappa shape index (κ1) is 23.7. The van der Waals surface area contributed by atoms with Gasteiger partial charge in [-0.05, 0) is 56.3 Å². The van der Waals surface area contributed by atoms with Gasteiger partial charge in [0, 0.05) is 17.3 Å². The number of nitrogens with zero attached hydrogens (tertiary/aromatic N) is 1. The van der Waals surface area contributed by atoms with E-state index in [1.54, 1.807) is 37.3 Å². The zero-order valence-corrected chi connectivity index (χ0v) is 19.9. The minimum absolute atomic E-state index is 0.0147. The summed E-state index contributed by atoms with van der Waals surface area (Å²) < 4.78 is 41.5. The standard InChI is InChI=1S/C25H20ClFN2O4S/c1-15-3-7-18(8-4-15)34(32,33)23-13-29(22-10-5-16(2)11-19(22)25(23)31)14-24(30)28-17-6-9-21(27)20(26)12-17/h3-13H,14H2,1-2H3,(H,28,30). The molecule has 1 heterocycles. The van der Waals surface area contributed by atoms with E-state index in [9.17, 15) is 22.4 Å². The molecule has 174 valence electrons. The maximum Gasteiger partial charge on any atom is 0.244 e. The number of carbonyl (C=O) groups excluding carboxylic acids is 1. The molecule has 6 nitrogen and oxygen atoms in total. The van der Waals surface area contributed by atoms with Gasteiger partial charge in [0.1, 0.15) is 17.3 Å². The molecule has 34 heavy (non-hydrogen) atoms. The summed E-state index contributed by atoms with van der Waals surface area (Å²) in [6, 6.07) is 15.0. The van der Waals surface area contributed by atoms with Crippen molar-refractivity contribution in [1.29, 1.82) is 0 Å². The molecular formula is C25H20ClFN2O4S. The van der Waals surface area contributed by atoms with Crippen molar-refractivity contribution in [3.63, 3.8) is 0 Å². The maximum atomic E-state index is 13.4. The van der Waals surface area contributed by atoms with E-state index in [1.165, 1.54) is 35.0 Å². The molecule has 1 N–H and O–H groups in total. The third kappa shape index (κ3) is 4.60. The Morgan fingerprint density at radius 3 is 2.35 bits per heavy atom. The topological polar surface area (TPSA) is 85.2 Å². The van der Waals surface area contributed by atoms with Crippen LogP contribution in [-0.4, -0.2) is 18.9 Å². The zero-order valence-electron chi connectivity index (χ0n) is 18.3. The lowest BCUT2D eigenvalue weighted by Gasteiger charge is -2.15. The van der Waals surface area contributed by atoms with Crippen molar-refractivity contribution in [2.24, 2.45) is 0 Å². The fraction of sp³-hybridized carbons (Fsp3) is 0.120. The number of nitrogens with one attached hydrogen (secondary N) is 1. The molecule has 0 aliphatic heterocycles. The van der Waals surface area contributed by atoms with Gasteiger partial charge < -0.3 is 9.88 Å². The van der Waals surface area contributed by atoms with Crippen LogP contribution in [0.4, 0.5) is 10.1 Å². The third-order valence-electron chi connectivity index (χ3n) is 5.34. The Balaban J connectivity index is 1.81. The van der Waals surface area contributed by atoms with Crippen LogP contribution in [0.3, 0.4) is 0 Å². The van der Waals surface area contributed by atoms with Gasteiger partial charge in [0.05, 0.1) is 15.4 Å². The summed E-state index contributed by atoms with van der Waals surface area (Å²) in [5.74, 6) is -1.13. The molecule has 0 saturated heterocycles. The molecule has 1 aromatic heterocycles. The summed E-state index contributed by atoms with van der Waals surface area (Å²) in [6.07, 6.45) is 1.19. The molecule has 4 rings (SSSR count). The monoisotopic (exact) mass is 498 g/mol. The smallest absolute Gasteiger partial charge is 0.244 e. The lowest BCUT2D eigenvalue weighted by atomic mass is 10.1. The van der Waals surface area contributed by atoms with Crippen molar-refractivity contribution < 1.29 is 17.6 Å². The summed E-state index contributed by atoms with van der Waals surface area (Å²) in [5.41, 5.74) is 1.70. The number of hydrogen-bond donors (Lipinski definition) is 1. The summed E-state index contributed by atoms with van der Waals surface area (Å²) >= 11 is 5.77. The van der Waals surface area contributed by atoms with Gasteiger partial charge in [-0.15, -0.1) is 0 Å². The molecule has 0 atom stereocenters. The van der Waals surface area contributed by atoms with Crippen LogP contribution in [0.5, 0.6) is 0 Å². The van der Waals surface area contributed by atoms with Gasteiger partial charge in [-0.25, -0.2) is 12.8 Å². The van der Waals surface area contributed by atoms with Crippen molar-refractivity contribution >= 4 is 43.9 Å². The number of pyridine rings is 1. The van der Waals surface area contributed by atoms with Crippen LogP contribution in [0.25, 0.3) is 10.9 Å². The van der Waals surface area contributed by atoms with Crippen LogP contribution < -0.4 is 10.7 Å². The Morgan fingerprint density at radius 1 is 1.00 bits per heavy atom. The van der Waals surface area contributed by atoms with Crippen molar-refractivity contribution in [2.45, 2.75) is 30.2 Å². The molecule has 9 heteroatoms. The third-order valence-corrected chi connectivity index (χ3v) is 7.39. The van der Waals surface area contributed by atoms with Gasteiger partial charge in [-0.2, -0.15) is 0 Å². The summed E-state index contributed by atoms with van der Waals surface area (Å²) in [5, 5.41) is 2.65. The summed E-state index contributed by atoms with van der Waals surface area (Å²) in [4.78, 5) is 25.5. The zero-order chi connectivity index (χ0) is 24.6. The number of aromatic nitrogens is 1. The quantitative estimate of drug-likeness (QED) is 0.425. The van der Waals surface area contributed by atoms with Crippen molar-refractivity contribution in [3.8, 4) is 0 Å². The molecule has 0 saturated carbocycles. The summed E-state index contributed by atoms with van der Waals surface area (Å²) in [7, 11) is -4.14. The van der Waals surface area contributed by atoms with Crippen molar-refractivity contribution in [2.75, 3.05) is 5.32 Å². The Kier molecular flexibility index (Phi) is 6.29. The van der Waals surface area contributed by atoms with Crippen LogP contribution in [0.15, 0.2) is 81.4 Å². The van der Waals surface area contributed by atoms with Gasteiger partial charge in [0.2, 0.25) is 21.2 Å². The second-order valence-electron chi connectivity index (χ2n) is 7.96. The van der Waals surface area contributed by atoms with Crippen LogP contribution in [0.1, 0.15) is 11.1 Å². The minimum atomic E-state index is -4.14. The van der Waals surface area contributed by atoms with Gasteiger partial charge >= 0.3 is 0 Å². The number of halogens is 2. The number of sulfone groups is 1. The van der Waals surface area contributed by atoms with E-state index < -0.39 is 31.9 Å². The molecule has 1 amide bonds. The Hall–Kier alpha value is -3.49. The molecule has 0 bridgehead atoms. The Morgan fingerprint density at radius 2 is 1.68 bits per heavy atom. The lowest BCUT2D eigenvalue weighted by molar-refractivity contribution is -0.116. The van der Waals surface area contributed by atoms with Crippen molar-refractivity contribution in [1.82, 2.24) is 4.57 Å². The highest BCUT2D eigenvalue weighted by Gasteiger charge is 2.24. The first-order chi connectivity index (χ1) is 16.1. The largest absolute Gasteiger partial charge is 0.336 e. The van der Waals surface area contributed by atoms with Gasteiger partial charge in [0.15, 0.2) is 0 Å². The number of carbonyl (C=O) groups is 1. The summed E-state index contributed by atoms with van der Waals surface area (Å²) in [6.45, 7) is 3.33. The number of rotatable bonds is 5. The highest BCUT2D eigenvalue weighted by atomic mass is 35.5. The predicted molar refractivity (Wildman–Crippen MR) is 130 cm³/mol. The number of hydrogen-bond acceptors (Lipinski definition) is 4. The van der Waals surface area contributed by atoms with Crippen molar-refractivity contribution in [3.05, 3.63) is 99.1 Å². The highest BCUT2D eigenvalue weighted by molar-refractivity contribution is 7.91. The van der Waals surface area contributed by atoms with E-state index in [1.807, 2.05) is 6.92 Å². The average Bonchev–Trinajstić information content (AvgIpc) is 2.78. The van der Waals surface area contributed by atoms with E-state index in [0.29, 0.717) is 5.52 Å². The van der Waals surface area contributed by atoms with Crippen LogP contribution in [0.2, 0.25) is 5.02 Å². The molecule has 3 aromatic carbocycles. The van der Waals surface area contributed by atoms with Crippen LogP contribution in [-0.2, 0) is 21.2 Å². The minimum Gasteiger partial charge on any atom is -0.336 e.